The standard InChI is InChI=1S/C21H23F3N4O2S2/c1-26-19(21(22,23)24)15-17(25-26)18-7-8-20(31-18)32(29,30)28-13-11-27(12-14-28)10-9-16-5-3-2-4-6-16/h2-8,15H,9-14H2,1H3. The summed E-state index contributed by atoms with van der Waals surface area (Å²) < 4.78 is 67.5. The van der Waals surface area contributed by atoms with E-state index in [0.717, 1.165) is 35.1 Å². The molecule has 0 amide bonds. The molecule has 3 heterocycles. The number of hydrogen-bond acceptors (Lipinski definition) is 5. The van der Waals surface area contributed by atoms with Crippen LogP contribution in [0, 0.1) is 0 Å². The summed E-state index contributed by atoms with van der Waals surface area (Å²) in [5.41, 5.74) is 0.478. The maximum Gasteiger partial charge on any atom is 0.433 e. The molecule has 0 unspecified atom stereocenters. The van der Waals surface area contributed by atoms with Crippen LogP contribution in [0.15, 0.2) is 52.7 Å². The highest BCUT2D eigenvalue weighted by atomic mass is 32.2. The van der Waals surface area contributed by atoms with Crippen molar-refractivity contribution >= 4 is 21.4 Å². The fourth-order valence-corrected chi connectivity index (χ4v) is 6.54. The Morgan fingerprint density at radius 2 is 1.72 bits per heavy atom. The average Bonchev–Trinajstić information content (AvgIpc) is 3.40. The molecular formula is C21H23F3N4O2S2. The van der Waals surface area contributed by atoms with Crippen LogP contribution < -0.4 is 0 Å². The van der Waals surface area contributed by atoms with E-state index < -0.39 is 21.9 Å². The molecule has 1 aliphatic rings. The summed E-state index contributed by atoms with van der Waals surface area (Å²) in [6.07, 6.45) is -3.61. The van der Waals surface area contributed by atoms with Crippen molar-refractivity contribution in [2.24, 2.45) is 7.05 Å². The van der Waals surface area contributed by atoms with Gasteiger partial charge in [0.15, 0.2) is 0 Å². The highest BCUT2D eigenvalue weighted by Crippen LogP contribution is 2.36. The molecule has 11 heteroatoms. The molecule has 0 aliphatic carbocycles. The molecule has 1 saturated heterocycles. The minimum absolute atomic E-state index is 0.108. The van der Waals surface area contributed by atoms with Crippen LogP contribution in [0.3, 0.4) is 0 Å². The second-order valence-corrected chi connectivity index (χ2v) is 10.9. The Balaban J connectivity index is 1.40. The van der Waals surface area contributed by atoms with E-state index in [1.165, 1.54) is 29.0 Å². The van der Waals surface area contributed by atoms with Crippen molar-refractivity contribution in [3.05, 3.63) is 59.8 Å². The van der Waals surface area contributed by atoms with Crippen LogP contribution >= 0.6 is 11.3 Å². The number of aromatic nitrogens is 2. The summed E-state index contributed by atoms with van der Waals surface area (Å²) in [5, 5.41) is 3.90. The quantitative estimate of drug-likeness (QED) is 0.535. The minimum Gasteiger partial charge on any atom is -0.300 e. The molecule has 0 bridgehead atoms. The Morgan fingerprint density at radius 1 is 1.03 bits per heavy atom. The minimum atomic E-state index is -4.52. The fourth-order valence-electron chi connectivity index (χ4n) is 3.70. The molecule has 6 nitrogen and oxygen atoms in total. The molecular weight excluding hydrogens is 461 g/mol. The van der Waals surface area contributed by atoms with Crippen molar-refractivity contribution in [2.75, 3.05) is 32.7 Å². The molecule has 1 aromatic carbocycles. The Morgan fingerprint density at radius 3 is 2.34 bits per heavy atom. The molecule has 4 rings (SSSR count). The number of halogens is 3. The molecule has 32 heavy (non-hydrogen) atoms. The lowest BCUT2D eigenvalue weighted by atomic mass is 10.1. The van der Waals surface area contributed by atoms with Crippen molar-refractivity contribution in [1.82, 2.24) is 19.0 Å². The third kappa shape index (κ3) is 4.90. The third-order valence-electron chi connectivity index (χ3n) is 5.49. The number of thiophene rings is 1. The first-order valence-corrected chi connectivity index (χ1v) is 12.4. The third-order valence-corrected chi connectivity index (χ3v) is 8.96. The van der Waals surface area contributed by atoms with Crippen LogP contribution in [-0.2, 0) is 29.7 Å². The first-order chi connectivity index (χ1) is 15.1. The van der Waals surface area contributed by atoms with Crippen molar-refractivity contribution < 1.29 is 21.6 Å². The number of sulfonamides is 1. The molecule has 1 aliphatic heterocycles. The zero-order valence-corrected chi connectivity index (χ0v) is 19.1. The van der Waals surface area contributed by atoms with Crippen LogP contribution in [0.4, 0.5) is 13.2 Å². The van der Waals surface area contributed by atoms with Crippen molar-refractivity contribution in [3.8, 4) is 10.6 Å². The van der Waals surface area contributed by atoms with Gasteiger partial charge in [-0.25, -0.2) is 8.42 Å². The van der Waals surface area contributed by atoms with Gasteiger partial charge in [-0.3, -0.25) is 4.68 Å². The van der Waals surface area contributed by atoms with Gasteiger partial charge in [-0.1, -0.05) is 30.3 Å². The number of piperazine rings is 1. The summed E-state index contributed by atoms with van der Waals surface area (Å²) >= 11 is 0.941. The van der Waals surface area contributed by atoms with Crippen LogP contribution in [0.2, 0.25) is 0 Å². The Labute approximate surface area is 188 Å². The monoisotopic (exact) mass is 484 g/mol. The SMILES string of the molecule is Cn1nc(-c2ccc(S(=O)(=O)N3CCN(CCc4ccccc4)CC3)s2)cc1C(F)(F)F. The van der Waals surface area contributed by atoms with Crippen LogP contribution in [-0.4, -0.2) is 60.1 Å². The van der Waals surface area contributed by atoms with Gasteiger partial charge in [-0.2, -0.15) is 22.6 Å². The van der Waals surface area contributed by atoms with Crippen molar-refractivity contribution in [2.45, 2.75) is 16.8 Å². The molecule has 2 aromatic heterocycles. The predicted octanol–water partition coefficient (Wildman–Crippen LogP) is 3.72. The molecule has 0 N–H and O–H groups in total. The number of alkyl halides is 3. The Kier molecular flexibility index (Phi) is 6.44. The molecule has 172 valence electrons. The van der Waals surface area contributed by atoms with E-state index in [-0.39, 0.29) is 9.90 Å². The summed E-state index contributed by atoms with van der Waals surface area (Å²) in [4.78, 5) is 2.63. The number of nitrogens with zero attached hydrogens (tertiary/aromatic N) is 4. The lowest BCUT2D eigenvalue weighted by Crippen LogP contribution is -2.48. The fraction of sp³-hybridized carbons (Fsp3) is 0.381. The summed E-state index contributed by atoms with van der Waals surface area (Å²) in [6.45, 7) is 2.90. The van der Waals surface area contributed by atoms with Crippen LogP contribution in [0.5, 0.6) is 0 Å². The predicted molar refractivity (Wildman–Crippen MR) is 117 cm³/mol. The topological polar surface area (TPSA) is 58.4 Å². The second-order valence-electron chi connectivity index (χ2n) is 7.64. The van der Waals surface area contributed by atoms with Crippen LogP contribution in [0.25, 0.3) is 10.6 Å². The highest BCUT2D eigenvalue weighted by Gasteiger charge is 2.35. The van der Waals surface area contributed by atoms with Gasteiger partial charge in [0, 0.05) is 39.8 Å². The molecule has 3 aromatic rings. The van der Waals surface area contributed by atoms with Crippen molar-refractivity contribution in [1.29, 1.82) is 0 Å². The van der Waals surface area contributed by atoms with Crippen LogP contribution in [0.1, 0.15) is 11.3 Å². The summed E-state index contributed by atoms with van der Waals surface area (Å²) in [5.74, 6) is 0. The van der Waals surface area contributed by atoms with Gasteiger partial charge < -0.3 is 4.90 Å². The molecule has 1 fully saturated rings. The van der Waals surface area contributed by atoms with E-state index in [1.807, 2.05) is 18.2 Å². The van der Waals surface area contributed by atoms with E-state index in [1.54, 1.807) is 0 Å². The first kappa shape index (κ1) is 23.0. The number of benzene rings is 1. The molecule has 0 atom stereocenters. The van der Waals surface area contributed by atoms with Gasteiger partial charge in [0.1, 0.15) is 15.6 Å². The number of rotatable bonds is 6. The normalized spacial score (nSPS) is 16.5. The van der Waals surface area contributed by atoms with Gasteiger partial charge in [-0.05, 0) is 30.2 Å². The largest absolute Gasteiger partial charge is 0.433 e. The molecule has 0 spiro atoms. The first-order valence-electron chi connectivity index (χ1n) is 10.1. The van der Waals surface area contributed by atoms with E-state index in [4.69, 9.17) is 0 Å². The van der Waals surface area contributed by atoms with Crippen molar-refractivity contribution in [3.63, 3.8) is 0 Å². The number of hydrogen-bond donors (Lipinski definition) is 0. The van der Waals surface area contributed by atoms with Gasteiger partial charge in [-0.15, -0.1) is 11.3 Å². The van der Waals surface area contributed by atoms with E-state index >= 15 is 0 Å². The van der Waals surface area contributed by atoms with E-state index in [9.17, 15) is 21.6 Å². The Bertz CT molecular complexity index is 1170. The zero-order chi connectivity index (χ0) is 22.9. The van der Waals surface area contributed by atoms with Gasteiger partial charge in [0.2, 0.25) is 0 Å². The van der Waals surface area contributed by atoms with Gasteiger partial charge in [0.05, 0.1) is 4.88 Å². The average molecular weight is 485 g/mol. The molecule has 0 saturated carbocycles. The number of aryl methyl sites for hydroxylation is 1. The smallest absolute Gasteiger partial charge is 0.300 e. The van der Waals surface area contributed by atoms with Gasteiger partial charge in [0.25, 0.3) is 10.0 Å². The highest BCUT2D eigenvalue weighted by molar-refractivity contribution is 7.91. The summed E-state index contributed by atoms with van der Waals surface area (Å²) in [6, 6.07) is 14.0. The maximum atomic E-state index is 13.1. The Hall–Kier alpha value is -2.21. The van der Waals surface area contributed by atoms with E-state index in [0.29, 0.717) is 31.1 Å². The molecule has 0 radical (unpaired) electrons. The second kappa shape index (κ2) is 8.97. The lowest BCUT2D eigenvalue weighted by molar-refractivity contribution is -0.143. The summed E-state index contributed by atoms with van der Waals surface area (Å²) in [7, 11) is -2.49. The lowest BCUT2D eigenvalue weighted by Gasteiger charge is -2.33. The zero-order valence-electron chi connectivity index (χ0n) is 17.4. The maximum absolute atomic E-state index is 13.1. The van der Waals surface area contributed by atoms with Gasteiger partial charge >= 0.3 is 6.18 Å². The van der Waals surface area contributed by atoms with E-state index in [2.05, 4.69) is 22.1 Å².